The number of rotatable bonds is 40. The molecule has 1 atom stereocenters. The van der Waals surface area contributed by atoms with E-state index in [-0.39, 0.29) is 25.2 Å². The predicted octanol–water partition coefficient (Wildman–Crippen LogP) is 14.5. The summed E-state index contributed by atoms with van der Waals surface area (Å²) in [7, 11) is 0. The maximum absolute atomic E-state index is 12.2. The van der Waals surface area contributed by atoms with Gasteiger partial charge in [-0.2, -0.15) is 0 Å². The van der Waals surface area contributed by atoms with E-state index in [1.807, 2.05) is 0 Å². The summed E-state index contributed by atoms with van der Waals surface area (Å²) in [6.45, 7) is 4.00. The van der Waals surface area contributed by atoms with E-state index < -0.39 is 6.10 Å². The first-order valence-electron chi connectivity index (χ1n) is 22.5. The van der Waals surface area contributed by atoms with Crippen LogP contribution in [0.2, 0.25) is 0 Å². The highest BCUT2D eigenvalue weighted by Gasteiger charge is 2.16. The fraction of sp³-hybridized carbons (Fsp3) is 0.714. The molecule has 0 bridgehead atoms. The van der Waals surface area contributed by atoms with Gasteiger partial charge < -0.3 is 14.6 Å². The topological polar surface area (TPSA) is 72.8 Å². The highest BCUT2D eigenvalue weighted by molar-refractivity contribution is 5.70. The van der Waals surface area contributed by atoms with Crippen molar-refractivity contribution in [1.82, 2.24) is 0 Å². The Morgan fingerprint density at radius 1 is 0.444 bits per heavy atom. The summed E-state index contributed by atoms with van der Waals surface area (Å²) in [5.41, 5.74) is 0. The molecule has 310 valence electrons. The normalized spacial score (nSPS) is 12.9. The molecule has 0 aliphatic rings. The largest absolute Gasteiger partial charge is 0.462 e. The average molecular weight is 753 g/mol. The third-order valence-electron chi connectivity index (χ3n) is 9.48. The highest BCUT2D eigenvalue weighted by Crippen LogP contribution is 2.14. The molecule has 5 heteroatoms. The molecule has 0 aliphatic carbocycles. The molecular formula is C49H84O5. The summed E-state index contributed by atoms with van der Waals surface area (Å²) in [4.78, 5) is 24.4. The second kappa shape index (κ2) is 44.7. The first kappa shape index (κ1) is 51.3. The molecular weight excluding hydrogens is 669 g/mol. The van der Waals surface area contributed by atoms with E-state index in [0.717, 1.165) is 77.0 Å². The number of allylic oxidation sites excluding steroid dienone is 12. The molecule has 0 saturated heterocycles. The van der Waals surface area contributed by atoms with Crippen LogP contribution >= 0.6 is 0 Å². The zero-order valence-electron chi connectivity index (χ0n) is 35.2. The Morgan fingerprint density at radius 2 is 0.796 bits per heavy atom. The van der Waals surface area contributed by atoms with Crippen LogP contribution in [0.25, 0.3) is 0 Å². The van der Waals surface area contributed by atoms with E-state index in [2.05, 4.69) is 86.8 Å². The van der Waals surface area contributed by atoms with Gasteiger partial charge in [0, 0.05) is 12.8 Å². The third-order valence-corrected chi connectivity index (χ3v) is 9.48. The molecule has 0 saturated carbocycles. The Bertz CT molecular complexity index is 988. The number of ether oxygens (including phenoxy) is 2. The lowest BCUT2D eigenvalue weighted by atomic mass is 10.0. The number of unbranched alkanes of at least 4 members (excludes halogenated alkanes) is 20. The van der Waals surface area contributed by atoms with Crippen molar-refractivity contribution in [2.24, 2.45) is 0 Å². The number of aliphatic hydroxyl groups excluding tert-OH is 1. The van der Waals surface area contributed by atoms with Crippen molar-refractivity contribution in [3.63, 3.8) is 0 Å². The molecule has 0 rings (SSSR count). The Hall–Kier alpha value is -2.66. The standard InChI is InChI=1S/C49H84O5/c1-3-5-7-9-11-13-15-17-19-21-23-24-26-28-30-32-34-36-38-40-42-44-49(52)54-47(45-50)46-53-48(51)43-41-39-37-35-33-31-29-27-25-22-20-18-16-14-12-10-8-6-4-2/h6,8,12,14,17-20,25,27,31,33,47,50H,3-5,7,9-11,13,15-16,21-24,26,28-30,32,34-46H2,1-2H3/b8-6-,14-12-,19-17-,20-18-,27-25-,33-31-/t47-/m0/s1. The molecule has 54 heavy (non-hydrogen) atoms. The van der Waals surface area contributed by atoms with Gasteiger partial charge in [0.25, 0.3) is 0 Å². The monoisotopic (exact) mass is 753 g/mol. The Labute approximate surface area is 333 Å². The second-order valence-electron chi connectivity index (χ2n) is 14.7. The van der Waals surface area contributed by atoms with Gasteiger partial charge in [-0.05, 0) is 83.5 Å². The molecule has 0 spiro atoms. The van der Waals surface area contributed by atoms with Crippen molar-refractivity contribution in [1.29, 1.82) is 0 Å². The molecule has 0 amide bonds. The van der Waals surface area contributed by atoms with Gasteiger partial charge in [-0.1, -0.05) is 183 Å². The minimum atomic E-state index is -0.789. The number of hydrogen-bond acceptors (Lipinski definition) is 5. The Kier molecular flexibility index (Phi) is 42.5. The van der Waals surface area contributed by atoms with Gasteiger partial charge >= 0.3 is 11.9 Å². The quantitative estimate of drug-likeness (QED) is 0.0383. The first-order valence-corrected chi connectivity index (χ1v) is 22.5. The second-order valence-corrected chi connectivity index (χ2v) is 14.7. The van der Waals surface area contributed by atoms with E-state index >= 15 is 0 Å². The minimum Gasteiger partial charge on any atom is -0.462 e. The zero-order valence-corrected chi connectivity index (χ0v) is 35.2. The summed E-state index contributed by atoms with van der Waals surface area (Å²) in [6.07, 6.45) is 59.7. The number of carbonyl (C=O) groups is 2. The van der Waals surface area contributed by atoms with E-state index in [0.29, 0.717) is 12.8 Å². The predicted molar refractivity (Wildman–Crippen MR) is 233 cm³/mol. The summed E-state index contributed by atoms with van der Waals surface area (Å²) < 4.78 is 10.6. The van der Waals surface area contributed by atoms with Crippen molar-refractivity contribution < 1.29 is 24.2 Å². The van der Waals surface area contributed by atoms with Crippen molar-refractivity contribution >= 4 is 11.9 Å². The van der Waals surface area contributed by atoms with Crippen LogP contribution in [0.15, 0.2) is 72.9 Å². The van der Waals surface area contributed by atoms with Gasteiger partial charge in [-0.3, -0.25) is 9.59 Å². The van der Waals surface area contributed by atoms with Gasteiger partial charge in [-0.15, -0.1) is 0 Å². The van der Waals surface area contributed by atoms with Gasteiger partial charge in [0.15, 0.2) is 6.10 Å². The number of hydrogen-bond donors (Lipinski definition) is 1. The lowest BCUT2D eigenvalue weighted by molar-refractivity contribution is -0.161. The maximum Gasteiger partial charge on any atom is 0.306 e. The summed E-state index contributed by atoms with van der Waals surface area (Å²) >= 11 is 0. The van der Waals surface area contributed by atoms with Crippen LogP contribution in [-0.4, -0.2) is 36.4 Å². The molecule has 0 aromatic heterocycles. The minimum absolute atomic E-state index is 0.0858. The molecule has 0 radical (unpaired) electrons. The summed E-state index contributed by atoms with van der Waals surface area (Å²) in [6, 6.07) is 0. The molecule has 0 aromatic rings. The third kappa shape index (κ3) is 42.1. The van der Waals surface area contributed by atoms with Gasteiger partial charge in [0.1, 0.15) is 6.61 Å². The summed E-state index contributed by atoms with van der Waals surface area (Å²) in [5.74, 6) is -0.630. The van der Waals surface area contributed by atoms with Crippen molar-refractivity contribution in [3.8, 4) is 0 Å². The molecule has 5 nitrogen and oxygen atoms in total. The van der Waals surface area contributed by atoms with E-state index in [1.165, 1.54) is 103 Å². The molecule has 0 aliphatic heterocycles. The van der Waals surface area contributed by atoms with Crippen molar-refractivity contribution in [3.05, 3.63) is 72.9 Å². The van der Waals surface area contributed by atoms with E-state index in [4.69, 9.17) is 9.47 Å². The smallest absolute Gasteiger partial charge is 0.306 e. The van der Waals surface area contributed by atoms with Crippen molar-refractivity contribution in [2.45, 2.75) is 213 Å². The van der Waals surface area contributed by atoms with Crippen LogP contribution < -0.4 is 0 Å². The maximum atomic E-state index is 12.2. The van der Waals surface area contributed by atoms with E-state index in [9.17, 15) is 14.7 Å². The SMILES string of the molecule is CC/C=C\C/C=C\C/C=C\C/C=C\C/C=C\CCCCCC(=O)OC[C@H](CO)OC(=O)CCCCCCCCCCCCC/C=C\CCCCCCCC. The van der Waals surface area contributed by atoms with Crippen LogP contribution in [0.3, 0.4) is 0 Å². The average Bonchev–Trinajstić information content (AvgIpc) is 3.17. The van der Waals surface area contributed by atoms with Crippen LogP contribution in [0.1, 0.15) is 206 Å². The lowest BCUT2D eigenvalue weighted by Gasteiger charge is -2.15. The van der Waals surface area contributed by atoms with Gasteiger partial charge in [0.2, 0.25) is 0 Å². The Morgan fingerprint density at radius 3 is 1.24 bits per heavy atom. The highest BCUT2D eigenvalue weighted by atomic mass is 16.6. The number of esters is 2. The van der Waals surface area contributed by atoms with Crippen LogP contribution in [0.5, 0.6) is 0 Å². The molecule has 0 fully saturated rings. The number of aliphatic hydroxyl groups is 1. The van der Waals surface area contributed by atoms with Crippen molar-refractivity contribution in [2.75, 3.05) is 13.2 Å². The lowest BCUT2D eigenvalue weighted by Crippen LogP contribution is -2.28. The van der Waals surface area contributed by atoms with Gasteiger partial charge in [-0.25, -0.2) is 0 Å². The molecule has 0 aromatic carbocycles. The van der Waals surface area contributed by atoms with Crippen LogP contribution in [0, 0.1) is 0 Å². The van der Waals surface area contributed by atoms with Gasteiger partial charge in [0.05, 0.1) is 6.61 Å². The fourth-order valence-corrected chi connectivity index (χ4v) is 6.10. The molecule has 0 unspecified atom stereocenters. The molecule has 1 N–H and O–H groups in total. The zero-order chi connectivity index (χ0) is 39.3. The Balaban J connectivity index is 3.59. The van der Waals surface area contributed by atoms with Crippen LogP contribution in [-0.2, 0) is 19.1 Å². The number of carbonyl (C=O) groups excluding carboxylic acids is 2. The van der Waals surface area contributed by atoms with E-state index in [1.54, 1.807) is 0 Å². The molecule has 0 heterocycles. The first-order chi connectivity index (χ1) is 26.6. The van der Waals surface area contributed by atoms with Crippen LogP contribution in [0.4, 0.5) is 0 Å². The fourth-order valence-electron chi connectivity index (χ4n) is 6.10. The summed E-state index contributed by atoms with van der Waals surface area (Å²) in [5, 5.41) is 9.59.